The largest absolute Gasteiger partial charge is 0.497 e. The second-order valence-electron chi connectivity index (χ2n) is 4.85. The van der Waals surface area contributed by atoms with Gasteiger partial charge >= 0.3 is 11.4 Å². The molecular formula is C13H21N5O7. The summed E-state index contributed by atoms with van der Waals surface area (Å²) < 4.78 is 0. The van der Waals surface area contributed by atoms with Gasteiger partial charge in [0.15, 0.2) is 0 Å². The molecule has 0 saturated carbocycles. The predicted octanol–water partition coefficient (Wildman–Crippen LogP) is 1.84. The van der Waals surface area contributed by atoms with E-state index in [0.717, 1.165) is 26.1 Å². The maximum Gasteiger partial charge on any atom is 0.324 e. The molecule has 1 aromatic rings. The molecule has 1 rings (SSSR count). The van der Waals surface area contributed by atoms with Gasteiger partial charge in [0.25, 0.3) is 11.4 Å². The number of phenolic OH excluding ortho intramolecular Hbond substituents is 1. The molecule has 0 aliphatic carbocycles. The lowest BCUT2D eigenvalue weighted by atomic mass is 10.2. The SMILES string of the molecule is CCCCNCCCN.O=[N+]([O-])c1cc([N+](=O)[O-])c(O)c([N+](=O)[O-])c1. The monoisotopic (exact) mass is 359 g/mol. The highest BCUT2D eigenvalue weighted by atomic mass is 16.6. The topological polar surface area (TPSA) is 188 Å². The maximum absolute atomic E-state index is 10.4. The molecule has 0 unspecified atom stereocenters. The summed E-state index contributed by atoms with van der Waals surface area (Å²) in [6.07, 6.45) is 3.66. The fraction of sp³-hybridized carbons (Fsp3) is 0.538. The van der Waals surface area contributed by atoms with Crippen LogP contribution < -0.4 is 11.1 Å². The first-order valence-electron chi connectivity index (χ1n) is 7.47. The Morgan fingerprint density at radius 3 is 1.84 bits per heavy atom. The van der Waals surface area contributed by atoms with Gasteiger partial charge in [-0.3, -0.25) is 30.3 Å². The number of unbranched alkanes of at least 4 members (excludes halogenated alkanes) is 1. The Morgan fingerprint density at radius 2 is 1.48 bits per heavy atom. The van der Waals surface area contributed by atoms with Gasteiger partial charge in [-0.1, -0.05) is 13.3 Å². The summed E-state index contributed by atoms with van der Waals surface area (Å²) in [5.41, 5.74) is 2.30. The first-order chi connectivity index (χ1) is 11.8. The average molecular weight is 359 g/mol. The highest BCUT2D eigenvalue weighted by Gasteiger charge is 2.30. The molecule has 140 valence electrons. The molecule has 0 aliphatic rings. The van der Waals surface area contributed by atoms with E-state index in [9.17, 15) is 30.3 Å². The third-order valence-corrected chi connectivity index (χ3v) is 2.92. The van der Waals surface area contributed by atoms with E-state index in [0.29, 0.717) is 12.1 Å². The number of hydrogen-bond donors (Lipinski definition) is 3. The standard InChI is InChI=1S/C7H18N2.C6H3N3O7/c1-2-3-6-9-7-4-5-8;10-6-4(8(13)14)1-3(7(11)12)2-5(6)9(15)16/h9H,2-8H2,1H3;1-2,10H. The number of phenols is 1. The zero-order chi connectivity index (χ0) is 19.4. The summed E-state index contributed by atoms with van der Waals surface area (Å²) in [4.78, 5) is 27.8. The van der Waals surface area contributed by atoms with Crippen molar-refractivity contribution in [2.24, 2.45) is 5.73 Å². The molecule has 0 atom stereocenters. The zero-order valence-corrected chi connectivity index (χ0v) is 13.7. The first kappa shape index (κ1) is 22.1. The van der Waals surface area contributed by atoms with E-state index in [1.165, 1.54) is 12.8 Å². The van der Waals surface area contributed by atoms with Crippen LogP contribution >= 0.6 is 0 Å². The van der Waals surface area contributed by atoms with Gasteiger partial charge in [0, 0.05) is 0 Å². The van der Waals surface area contributed by atoms with Crippen molar-refractivity contribution in [1.29, 1.82) is 0 Å². The normalized spacial score (nSPS) is 9.84. The van der Waals surface area contributed by atoms with E-state index in [4.69, 9.17) is 10.8 Å². The van der Waals surface area contributed by atoms with Crippen molar-refractivity contribution in [2.45, 2.75) is 26.2 Å². The van der Waals surface area contributed by atoms with E-state index >= 15 is 0 Å². The number of aromatic hydroxyl groups is 1. The minimum absolute atomic E-state index is 0.447. The van der Waals surface area contributed by atoms with E-state index in [2.05, 4.69) is 12.2 Å². The van der Waals surface area contributed by atoms with Gasteiger partial charge in [0.2, 0.25) is 0 Å². The predicted molar refractivity (Wildman–Crippen MR) is 89.5 cm³/mol. The minimum atomic E-state index is -1.21. The van der Waals surface area contributed by atoms with Crippen LogP contribution in [0.4, 0.5) is 17.1 Å². The second-order valence-corrected chi connectivity index (χ2v) is 4.85. The summed E-state index contributed by atoms with van der Waals surface area (Å²) in [5, 5.41) is 43.5. The molecule has 4 N–H and O–H groups in total. The zero-order valence-electron chi connectivity index (χ0n) is 13.7. The number of nitrogens with zero attached hydrogens (tertiary/aromatic N) is 3. The van der Waals surface area contributed by atoms with Crippen LogP contribution in [0.15, 0.2) is 12.1 Å². The van der Waals surface area contributed by atoms with Crippen LogP contribution in [0.25, 0.3) is 0 Å². The number of benzene rings is 1. The molecule has 0 saturated heterocycles. The molecule has 0 amide bonds. The van der Waals surface area contributed by atoms with Crippen LogP contribution in [0, 0.1) is 30.3 Å². The summed E-state index contributed by atoms with van der Waals surface area (Å²) in [7, 11) is 0. The van der Waals surface area contributed by atoms with E-state index in [1.54, 1.807) is 0 Å². The Bertz CT molecular complexity index is 567. The third kappa shape index (κ3) is 7.99. The fourth-order valence-electron chi connectivity index (χ4n) is 1.63. The van der Waals surface area contributed by atoms with E-state index in [1.807, 2.05) is 0 Å². The van der Waals surface area contributed by atoms with Crippen molar-refractivity contribution in [2.75, 3.05) is 19.6 Å². The van der Waals surface area contributed by atoms with Gasteiger partial charge in [-0.05, 0) is 32.5 Å². The van der Waals surface area contributed by atoms with Gasteiger partial charge in [-0.15, -0.1) is 0 Å². The lowest BCUT2D eigenvalue weighted by Crippen LogP contribution is -2.19. The maximum atomic E-state index is 10.4. The van der Waals surface area contributed by atoms with Gasteiger partial charge < -0.3 is 16.2 Å². The quantitative estimate of drug-likeness (QED) is 0.335. The fourth-order valence-corrected chi connectivity index (χ4v) is 1.63. The van der Waals surface area contributed by atoms with Crippen molar-refractivity contribution in [3.8, 4) is 5.75 Å². The Labute approximate surface area is 143 Å². The van der Waals surface area contributed by atoms with E-state index in [-0.39, 0.29) is 0 Å². The van der Waals surface area contributed by atoms with Crippen molar-refractivity contribution < 1.29 is 19.9 Å². The Kier molecular flexibility index (Phi) is 10.3. The highest BCUT2D eigenvalue weighted by molar-refractivity contribution is 5.64. The lowest BCUT2D eigenvalue weighted by Gasteiger charge is -1.99. The number of nitrogens with one attached hydrogen (secondary N) is 1. The van der Waals surface area contributed by atoms with Crippen molar-refractivity contribution >= 4 is 17.1 Å². The highest BCUT2D eigenvalue weighted by Crippen LogP contribution is 2.38. The van der Waals surface area contributed by atoms with Gasteiger partial charge in [0.1, 0.15) is 0 Å². The summed E-state index contributed by atoms with van der Waals surface area (Å²) >= 11 is 0. The molecule has 0 fully saturated rings. The Morgan fingerprint density at radius 1 is 1.00 bits per heavy atom. The summed E-state index contributed by atoms with van der Waals surface area (Å²) in [5.74, 6) is -1.21. The van der Waals surface area contributed by atoms with Gasteiger partial charge in [-0.25, -0.2) is 0 Å². The lowest BCUT2D eigenvalue weighted by molar-refractivity contribution is -0.404. The van der Waals surface area contributed by atoms with Crippen LogP contribution in [0.1, 0.15) is 26.2 Å². The van der Waals surface area contributed by atoms with Gasteiger partial charge in [-0.2, -0.15) is 0 Å². The number of rotatable bonds is 9. The molecule has 0 bridgehead atoms. The number of nitrogens with two attached hydrogens (primary N) is 1. The van der Waals surface area contributed by atoms with Crippen LogP contribution in [-0.2, 0) is 0 Å². The van der Waals surface area contributed by atoms with Crippen molar-refractivity contribution in [3.63, 3.8) is 0 Å². The summed E-state index contributed by atoms with van der Waals surface area (Å²) in [6, 6.07) is 0.894. The minimum Gasteiger partial charge on any atom is -0.497 e. The molecule has 12 nitrogen and oxygen atoms in total. The average Bonchev–Trinajstić information content (AvgIpc) is 2.54. The number of hydrogen-bond acceptors (Lipinski definition) is 9. The molecule has 25 heavy (non-hydrogen) atoms. The Balaban J connectivity index is 0.000000547. The van der Waals surface area contributed by atoms with Crippen molar-refractivity contribution in [1.82, 2.24) is 5.32 Å². The number of nitro groups is 3. The number of nitro benzene ring substituents is 3. The molecule has 0 aromatic heterocycles. The van der Waals surface area contributed by atoms with Crippen LogP contribution in [0.5, 0.6) is 5.75 Å². The molecule has 0 radical (unpaired) electrons. The molecule has 12 heteroatoms. The first-order valence-corrected chi connectivity index (χ1v) is 7.47. The van der Waals surface area contributed by atoms with Crippen LogP contribution in [-0.4, -0.2) is 39.5 Å². The molecule has 1 aromatic carbocycles. The van der Waals surface area contributed by atoms with Crippen LogP contribution in [0.3, 0.4) is 0 Å². The molecular weight excluding hydrogens is 338 g/mol. The van der Waals surface area contributed by atoms with Crippen molar-refractivity contribution in [3.05, 3.63) is 42.5 Å². The number of non-ortho nitro benzene ring substituents is 1. The van der Waals surface area contributed by atoms with Crippen LogP contribution in [0.2, 0.25) is 0 Å². The third-order valence-electron chi connectivity index (χ3n) is 2.92. The Hall–Kier alpha value is -2.86. The summed E-state index contributed by atoms with van der Waals surface area (Å²) in [6.45, 7) is 5.23. The molecule has 0 spiro atoms. The molecule has 0 aliphatic heterocycles. The molecule has 0 heterocycles. The van der Waals surface area contributed by atoms with Gasteiger partial charge in [0.05, 0.1) is 26.9 Å². The second kappa shape index (κ2) is 11.6. The van der Waals surface area contributed by atoms with E-state index < -0.39 is 37.6 Å². The smallest absolute Gasteiger partial charge is 0.324 e.